The monoisotopic (exact) mass is 333 g/mol. The summed E-state index contributed by atoms with van der Waals surface area (Å²) in [6, 6.07) is 20.2. The topological polar surface area (TPSA) is 38.3 Å². The third-order valence-corrected chi connectivity index (χ3v) is 4.68. The molecule has 3 aromatic carbocycles. The molecule has 1 amide bonds. The number of aryl methyl sites for hydroxylation is 1. The van der Waals surface area contributed by atoms with Gasteiger partial charge in [0.25, 0.3) is 0 Å². The lowest BCUT2D eigenvalue weighted by Crippen LogP contribution is -2.27. The van der Waals surface area contributed by atoms with Crippen LogP contribution in [0.5, 0.6) is 5.75 Å². The first kappa shape index (κ1) is 17.0. The van der Waals surface area contributed by atoms with E-state index in [-0.39, 0.29) is 11.8 Å². The molecule has 0 spiro atoms. The largest absolute Gasteiger partial charge is 0.497 e. The number of hydrogen-bond acceptors (Lipinski definition) is 2. The molecule has 0 aliphatic rings. The Bertz CT molecular complexity index is 901. The summed E-state index contributed by atoms with van der Waals surface area (Å²) in [6.07, 6.45) is 0. The van der Waals surface area contributed by atoms with E-state index in [9.17, 15) is 4.79 Å². The van der Waals surface area contributed by atoms with Crippen LogP contribution in [0.25, 0.3) is 10.8 Å². The number of benzene rings is 3. The van der Waals surface area contributed by atoms with E-state index in [4.69, 9.17) is 4.74 Å². The summed E-state index contributed by atoms with van der Waals surface area (Å²) in [7, 11) is 1.66. The normalized spacial score (nSPS) is 12.0. The molecule has 128 valence electrons. The van der Waals surface area contributed by atoms with Crippen molar-refractivity contribution in [1.29, 1.82) is 0 Å². The smallest absolute Gasteiger partial charge is 0.227 e. The highest BCUT2D eigenvalue weighted by molar-refractivity contribution is 5.88. The average molecular weight is 333 g/mol. The summed E-state index contributed by atoms with van der Waals surface area (Å²) >= 11 is 0. The molecule has 3 aromatic rings. The van der Waals surface area contributed by atoms with Gasteiger partial charge in [0.15, 0.2) is 0 Å². The number of carbonyl (C=O) groups is 1. The molecule has 0 aromatic heterocycles. The van der Waals surface area contributed by atoms with Crippen LogP contribution in [0, 0.1) is 6.92 Å². The van der Waals surface area contributed by atoms with Crippen molar-refractivity contribution in [3.05, 3.63) is 77.4 Å². The van der Waals surface area contributed by atoms with Gasteiger partial charge >= 0.3 is 0 Å². The highest BCUT2D eigenvalue weighted by Crippen LogP contribution is 2.25. The van der Waals surface area contributed by atoms with Crippen molar-refractivity contribution < 1.29 is 9.53 Å². The van der Waals surface area contributed by atoms with Gasteiger partial charge in [-0.2, -0.15) is 0 Å². The number of amides is 1. The molecule has 3 nitrogen and oxygen atoms in total. The van der Waals surface area contributed by atoms with Crippen LogP contribution >= 0.6 is 0 Å². The summed E-state index contributed by atoms with van der Waals surface area (Å²) in [4.78, 5) is 12.5. The van der Waals surface area contributed by atoms with E-state index >= 15 is 0 Å². The molecule has 0 heterocycles. The minimum absolute atomic E-state index is 0.0381. The fourth-order valence-electron chi connectivity index (χ4n) is 2.93. The van der Waals surface area contributed by atoms with Gasteiger partial charge in [-0.05, 0) is 53.4 Å². The van der Waals surface area contributed by atoms with Crippen molar-refractivity contribution in [2.45, 2.75) is 26.3 Å². The van der Waals surface area contributed by atoms with Crippen molar-refractivity contribution in [1.82, 2.24) is 5.32 Å². The summed E-state index contributed by atoms with van der Waals surface area (Å²) < 4.78 is 5.26. The molecule has 0 radical (unpaired) electrons. The molecule has 0 saturated heterocycles. The van der Waals surface area contributed by atoms with Crippen LogP contribution in [-0.4, -0.2) is 13.0 Å². The predicted octanol–water partition coefficient (Wildman–Crippen LogP) is 4.58. The molecule has 3 rings (SSSR count). The molecule has 0 saturated carbocycles. The third kappa shape index (κ3) is 3.82. The second kappa shape index (κ2) is 7.39. The lowest BCUT2D eigenvalue weighted by molar-refractivity contribution is -0.122. The third-order valence-electron chi connectivity index (χ3n) is 4.68. The van der Waals surface area contributed by atoms with Crippen LogP contribution < -0.4 is 10.1 Å². The van der Waals surface area contributed by atoms with Gasteiger partial charge in [0.1, 0.15) is 5.75 Å². The predicted molar refractivity (Wildman–Crippen MR) is 102 cm³/mol. The van der Waals surface area contributed by atoms with Crippen molar-refractivity contribution in [3.63, 3.8) is 0 Å². The molecule has 0 aliphatic carbocycles. The van der Waals surface area contributed by atoms with Crippen molar-refractivity contribution in [2.75, 3.05) is 7.11 Å². The minimum Gasteiger partial charge on any atom is -0.497 e. The highest BCUT2D eigenvalue weighted by Gasteiger charge is 2.15. The lowest BCUT2D eigenvalue weighted by atomic mass is 9.97. The number of rotatable bonds is 5. The lowest BCUT2D eigenvalue weighted by Gasteiger charge is -2.14. The zero-order valence-corrected chi connectivity index (χ0v) is 14.9. The first-order chi connectivity index (χ1) is 12.1. The molecule has 1 N–H and O–H groups in total. The van der Waals surface area contributed by atoms with E-state index in [1.807, 2.05) is 55.5 Å². The van der Waals surface area contributed by atoms with E-state index < -0.39 is 0 Å². The van der Waals surface area contributed by atoms with E-state index in [0.29, 0.717) is 6.54 Å². The van der Waals surface area contributed by atoms with Crippen molar-refractivity contribution in [3.8, 4) is 5.75 Å². The van der Waals surface area contributed by atoms with Gasteiger partial charge in [0.05, 0.1) is 13.0 Å². The summed E-state index contributed by atoms with van der Waals surface area (Å²) in [5.41, 5.74) is 3.35. The Kier molecular flexibility index (Phi) is 5.03. The summed E-state index contributed by atoms with van der Waals surface area (Å²) in [5, 5.41) is 5.26. The van der Waals surface area contributed by atoms with Crippen molar-refractivity contribution >= 4 is 16.7 Å². The molecular weight excluding hydrogens is 310 g/mol. The van der Waals surface area contributed by atoms with Gasteiger partial charge in [-0.1, -0.05) is 48.5 Å². The number of nitrogens with one attached hydrogen (secondary N) is 1. The van der Waals surface area contributed by atoms with E-state index in [1.165, 1.54) is 5.56 Å². The molecule has 25 heavy (non-hydrogen) atoms. The first-order valence-corrected chi connectivity index (χ1v) is 8.48. The van der Waals surface area contributed by atoms with Crippen LogP contribution in [0.1, 0.15) is 29.5 Å². The fraction of sp³-hybridized carbons (Fsp3) is 0.227. The molecule has 0 aliphatic heterocycles. The minimum atomic E-state index is -0.199. The molecular formula is C22H23NO2. The fourth-order valence-corrected chi connectivity index (χ4v) is 2.93. The second-order valence-electron chi connectivity index (χ2n) is 6.34. The van der Waals surface area contributed by atoms with Gasteiger partial charge in [-0.25, -0.2) is 0 Å². The highest BCUT2D eigenvalue weighted by atomic mass is 16.5. The molecule has 3 heteroatoms. The average Bonchev–Trinajstić information content (AvgIpc) is 2.65. The number of hydrogen-bond donors (Lipinski definition) is 1. The second-order valence-corrected chi connectivity index (χ2v) is 6.34. The summed E-state index contributed by atoms with van der Waals surface area (Å²) in [6.45, 7) is 4.56. The van der Waals surface area contributed by atoms with Crippen LogP contribution in [-0.2, 0) is 11.3 Å². The van der Waals surface area contributed by atoms with Crippen LogP contribution in [0.3, 0.4) is 0 Å². The Morgan fingerprint density at radius 3 is 2.52 bits per heavy atom. The summed E-state index contributed by atoms with van der Waals surface area (Å²) in [5.74, 6) is 0.677. The Labute approximate surface area is 148 Å². The Hall–Kier alpha value is -2.81. The number of methoxy groups -OCH3 is 1. The van der Waals surface area contributed by atoms with E-state index in [2.05, 4.69) is 24.4 Å². The van der Waals surface area contributed by atoms with Gasteiger partial charge in [-0.15, -0.1) is 0 Å². The number of carbonyl (C=O) groups excluding carboxylic acids is 1. The van der Waals surface area contributed by atoms with E-state index in [0.717, 1.165) is 27.6 Å². The van der Waals surface area contributed by atoms with Crippen LogP contribution in [0.2, 0.25) is 0 Å². The van der Waals surface area contributed by atoms with E-state index in [1.54, 1.807) is 7.11 Å². The maximum atomic E-state index is 12.5. The molecule has 0 unspecified atom stereocenters. The molecule has 0 bridgehead atoms. The van der Waals surface area contributed by atoms with Gasteiger partial charge < -0.3 is 10.1 Å². The maximum absolute atomic E-state index is 12.5. The zero-order chi connectivity index (χ0) is 17.8. The maximum Gasteiger partial charge on any atom is 0.227 e. The van der Waals surface area contributed by atoms with Crippen LogP contribution in [0.15, 0.2) is 60.7 Å². The Morgan fingerprint density at radius 2 is 1.76 bits per heavy atom. The zero-order valence-electron chi connectivity index (χ0n) is 14.9. The SMILES string of the molecule is COc1ccc2cc([C@@H](C)C(=O)NCc3ccccc3C)ccc2c1. The number of fused-ring (bicyclic) bond motifs is 1. The first-order valence-electron chi connectivity index (χ1n) is 8.48. The quantitative estimate of drug-likeness (QED) is 0.742. The van der Waals surface area contributed by atoms with Crippen LogP contribution in [0.4, 0.5) is 0 Å². The van der Waals surface area contributed by atoms with Gasteiger partial charge in [0.2, 0.25) is 5.91 Å². The Morgan fingerprint density at radius 1 is 1.04 bits per heavy atom. The van der Waals surface area contributed by atoms with Gasteiger partial charge in [0, 0.05) is 6.54 Å². The molecule has 1 atom stereocenters. The molecule has 0 fully saturated rings. The number of ether oxygens (including phenoxy) is 1. The standard InChI is InChI=1S/C22H23NO2/c1-15-6-4-5-7-20(15)14-23-22(24)16(2)17-8-9-19-13-21(25-3)11-10-18(19)12-17/h4-13,16H,14H2,1-3H3,(H,23,24)/t16-/m1/s1. The van der Waals surface area contributed by atoms with Crippen molar-refractivity contribution in [2.24, 2.45) is 0 Å². The Balaban J connectivity index is 1.73. The van der Waals surface area contributed by atoms with Gasteiger partial charge in [-0.3, -0.25) is 4.79 Å².